The maximum atomic E-state index is 12.1. The molecule has 6 heteroatoms. The van der Waals surface area contributed by atoms with Gasteiger partial charge in [-0.15, -0.1) is 11.3 Å². The van der Waals surface area contributed by atoms with Gasteiger partial charge in [0.1, 0.15) is 5.01 Å². The molecule has 0 radical (unpaired) electrons. The van der Waals surface area contributed by atoms with E-state index in [4.69, 9.17) is 0 Å². The van der Waals surface area contributed by atoms with Crippen LogP contribution in [0.1, 0.15) is 21.7 Å². The van der Waals surface area contributed by atoms with Crippen LogP contribution in [0.3, 0.4) is 0 Å². The SMILES string of the molecule is Cc1ccc(NC(=O)C(=O)NCCc2sc(-c3ccccc3)nc2C)cc1C. The lowest BCUT2D eigenvalue weighted by molar-refractivity contribution is -0.136. The minimum absolute atomic E-state index is 0.385. The number of rotatable bonds is 5. The Morgan fingerprint density at radius 2 is 1.71 bits per heavy atom. The largest absolute Gasteiger partial charge is 0.347 e. The molecular formula is C22H23N3O2S. The Morgan fingerprint density at radius 1 is 0.964 bits per heavy atom. The second kappa shape index (κ2) is 8.80. The van der Waals surface area contributed by atoms with E-state index in [1.165, 1.54) is 0 Å². The molecule has 1 heterocycles. The van der Waals surface area contributed by atoms with Gasteiger partial charge in [-0.05, 0) is 44.0 Å². The van der Waals surface area contributed by atoms with Gasteiger partial charge in [-0.25, -0.2) is 4.98 Å². The van der Waals surface area contributed by atoms with E-state index < -0.39 is 11.8 Å². The first-order valence-corrected chi connectivity index (χ1v) is 9.94. The van der Waals surface area contributed by atoms with Crippen LogP contribution in [0.5, 0.6) is 0 Å². The van der Waals surface area contributed by atoms with Crippen LogP contribution >= 0.6 is 11.3 Å². The molecule has 2 N–H and O–H groups in total. The number of amides is 2. The molecule has 0 aliphatic carbocycles. The Bertz CT molecular complexity index is 996. The first kappa shape index (κ1) is 19.8. The van der Waals surface area contributed by atoms with Gasteiger partial charge in [0.05, 0.1) is 5.69 Å². The molecule has 0 saturated heterocycles. The summed E-state index contributed by atoms with van der Waals surface area (Å²) >= 11 is 1.62. The Kier molecular flexibility index (Phi) is 6.21. The molecule has 3 aromatic rings. The van der Waals surface area contributed by atoms with Crippen molar-refractivity contribution in [3.63, 3.8) is 0 Å². The van der Waals surface area contributed by atoms with Gasteiger partial charge in [-0.3, -0.25) is 9.59 Å². The van der Waals surface area contributed by atoms with Crippen molar-refractivity contribution in [3.05, 3.63) is 70.2 Å². The van der Waals surface area contributed by atoms with Crippen molar-refractivity contribution in [2.45, 2.75) is 27.2 Å². The summed E-state index contributed by atoms with van der Waals surface area (Å²) in [5, 5.41) is 6.28. The summed E-state index contributed by atoms with van der Waals surface area (Å²) in [7, 11) is 0. The Hall–Kier alpha value is -2.99. The second-order valence-electron chi connectivity index (χ2n) is 6.65. The van der Waals surface area contributed by atoms with Crippen LogP contribution in [0.25, 0.3) is 10.6 Å². The van der Waals surface area contributed by atoms with Crippen molar-refractivity contribution < 1.29 is 9.59 Å². The number of hydrogen-bond donors (Lipinski definition) is 2. The predicted molar refractivity (Wildman–Crippen MR) is 114 cm³/mol. The first-order valence-electron chi connectivity index (χ1n) is 9.12. The summed E-state index contributed by atoms with van der Waals surface area (Å²) in [5.74, 6) is -1.29. The lowest BCUT2D eigenvalue weighted by Gasteiger charge is -2.08. The predicted octanol–water partition coefficient (Wildman–Crippen LogP) is 4.03. The molecule has 2 amide bonds. The van der Waals surface area contributed by atoms with Crippen molar-refractivity contribution in [3.8, 4) is 10.6 Å². The number of aryl methyl sites for hydroxylation is 3. The Morgan fingerprint density at radius 3 is 2.43 bits per heavy atom. The third-order valence-electron chi connectivity index (χ3n) is 4.52. The van der Waals surface area contributed by atoms with Crippen LogP contribution in [-0.4, -0.2) is 23.3 Å². The zero-order valence-electron chi connectivity index (χ0n) is 16.2. The second-order valence-corrected chi connectivity index (χ2v) is 7.74. The number of benzene rings is 2. The minimum Gasteiger partial charge on any atom is -0.347 e. The molecule has 2 aromatic carbocycles. The van der Waals surface area contributed by atoms with Crippen molar-refractivity contribution in [1.29, 1.82) is 0 Å². The van der Waals surface area contributed by atoms with E-state index >= 15 is 0 Å². The van der Waals surface area contributed by atoms with Gasteiger partial charge in [-0.1, -0.05) is 36.4 Å². The highest BCUT2D eigenvalue weighted by atomic mass is 32.1. The fraction of sp³-hybridized carbons (Fsp3) is 0.227. The lowest BCUT2D eigenvalue weighted by atomic mass is 10.1. The minimum atomic E-state index is -0.658. The first-order chi connectivity index (χ1) is 13.4. The van der Waals surface area contributed by atoms with E-state index in [1.807, 2.05) is 63.2 Å². The number of anilines is 1. The molecule has 0 atom stereocenters. The highest BCUT2D eigenvalue weighted by molar-refractivity contribution is 7.15. The molecule has 0 saturated carbocycles. The smallest absolute Gasteiger partial charge is 0.313 e. The highest BCUT2D eigenvalue weighted by Gasteiger charge is 2.15. The summed E-state index contributed by atoms with van der Waals surface area (Å²) < 4.78 is 0. The highest BCUT2D eigenvalue weighted by Crippen LogP contribution is 2.27. The van der Waals surface area contributed by atoms with E-state index in [0.29, 0.717) is 18.7 Å². The Labute approximate surface area is 168 Å². The Balaban J connectivity index is 1.53. The average Bonchev–Trinajstić information content (AvgIpc) is 3.06. The summed E-state index contributed by atoms with van der Waals surface area (Å²) in [6.45, 7) is 6.31. The number of nitrogens with zero attached hydrogens (tertiary/aromatic N) is 1. The van der Waals surface area contributed by atoms with Crippen LogP contribution in [0.4, 0.5) is 5.69 Å². The number of carbonyl (C=O) groups excluding carboxylic acids is 2. The standard InChI is InChI=1S/C22H23N3O2S/c1-14-9-10-18(13-15(14)2)25-21(27)20(26)23-12-11-19-16(3)24-22(28-19)17-7-5-4-6-8-17/h4-10,13H,11-12H2,1-3H3,(H,23,26)(H,25,27). The van der Waals surface area contributed by atoms with Gasteiger partial charge >= 0.3 is 11.8 Å². The number of aromatic nitrogens is 1. The van der Waals surface area contributed by atoms with Crippen LogP contribution in [0.2, 0.25) is 0 Å². The molecule has 144 valence electrons. The molecule has 0 bridgehead atoms. The van der Waals surface area contributed by atoms with Gasteiger partial charge in [0.2, 0.25) is 0 Å². The quantitative estimate of drug-likeness (QED) is 0.643. The fourth-order valence-corrected chi connectivity index (χ4v) is 3.81. The maximum absolute atomic E-state index is 12.1. The normalized spacial score (nSPS) is 10.5. The van der Waals surface area contributed by atoms with Gasteiger partial charge in [-0.2, -0.15) is 0 Å². The number of carbonyl (C=O) groups is 2. The van der Waals surface area contributed by atoms with E-state index in [-0.39, 0.29) is 0 Å². The topological polar surface area (TPSA) is 71.1 Å². The van der Waals surface area contributed by atoms with Gasteiger partial charge in [0.15, 0.2) is 0 Å². The fourth-order valence-electron chi connectivity index (χ4n) is 2.74. The monoisotopic (exact) mass is 393 g/mol. The van der Waals surface area contributed by atoms with Crippen molar-refractivity contribution in [2.24, 2.45) is 0 Å². The van der Waals surface area contributed by atoms with Gasteiger partial charge in [0, 0.05) is 29.1 Å². The number of nitrogens with one attached hydrogen (secondary N) is 2. The van der Waals surface area contributed by atoms with E-state index in [9.17, 15) is 9.59 Å². The van der Waals surface area contributed by atoms with E-state index in [0.717, 1.165) is 32.3 Å². The molecule has 0 spiro atoms. The average molecular weight is 394 g/mol. The third kappa shape index (κ3) is 4.84. The zero-order chi connectivity index (χ0) is 20.1. The van der Waals surface area contributed by atoms with Crippen molar-refractivity contribution >= 4 is 28.8 Å². The molecule has 1 aromatic heterocycles. The van der Waals surface area contributed by atoms with Crippen molar-refractivity contribution in [1.82, 2.24) is 10.3 Å². The summed E-state index contributed by atoms with van der Waals surface area (Å²) in [4.78, 5) is 29.9. The maximum Gasteiger partial charge on any atom is 0.313 e. The molecule has 28 heavy (non-hydrogen) atoms. The number of thiazole rings is 1. The molecule has 0 aliphatic rings. The molecule has 0 aliphatic heterocycles. The molecule has 5 nitrogen and oxygen atoms in total. The van der Waals surface area contributed by atoms with Gasteiger partial charge in [0.25, 0.3) is 0 Å². The van der Waals surface area contributed by atoms with Crippen LogP contribution < -0.4 is 10.6 Å². The van der Waals surface area contributed by atoms with Gasteiger partial charge < -0.3 is 10.6 Å². The summed E-state index contributed by atoms with van der Waals surface area (Å²) in [6, 6.07) is 15.6. The van der Waals surface area contributed by atoms with Crippen LogP contribution in [0.15, 0.2) is 48.5 Å². The zero-order valence-corrected chi connectivity index (χ0v) is 17.0. The van der Waals surface area contributed by atoms with E-state index in [2.05, 4.69) is 15.6 Å². The molecule has 0 fully saturated rings. The molecule has 3 rings (SSSR count). The molecule has 0 unspecified atom stereocenters. The number of hydrogen-bond acceptors (Lipinski definition) is 4. The van der Waals surface area contributed by atoms with Crippen molar-refractivity contribution in [2.75, 3.05) is 11.9 Å². The van der Waals surface area contributed by atoms with Crippen LogP contribution in [0, 0.1) is 20.8 Å². The van der Waals surface area contributed by atoms with E-state index in [1.54, 1.807) is 17.4 Å². The molecular weight excluding hydrogens is 370 g/mol. The summed E-state index contributed by atoms with van der Waals surface area (Å²) in [5.41, 5.74) is 4.86. The third-order valence-corrected chi connectivity index (χ3v) is 5.79. The summed E-state index contributed by atoms with van der Waals surface area (Å²) in [6.07, 6.45) is 0.638. The van der Waals surface area contributed by atoms with Crippen LogP contribution in [-0.2, 0) is 16.0 Å². The lowest BCUT2D eigenvalue weighted by Crippen LogP contribution is -2.36.